The van der Waals surface area contributed by atoms with E-state index in [1.165, 1.54) is 0 Å². The highest BCUT2D eigenvalue weighted by Gasteiger charge is 2.30. The summed E-state index contributed by atoms with van der Waals surface area (Å²) in [6, 6.07) is 0. The van der Waals surface area contributed by atoms with Gasteiger partial charge in [0.1, 0.15) is 6.10 Å². The first-order chi connectivity index (χ1) is 7.49. The lowest BCUT2D eigenvalue weighted by Crippen LogP contribution is -2.20. The molecule has 0 aromatic rings. The monoisotopic (exact) mass is 228 g/mol. The summed E-state index contributed by atoms with van der Waals surface area (Å²) >= 11 is 0. The van der Waals surface area contributed by atoms with Gasteiger partial charge in [0.2, 0.25) is 0 Å². The van der Waals surface area contributed by atoms with Crippen LogP contribution in [0, 0.1) is 0 Å². The maximum atomic E-state index is 10.3. The van der Waals surface area contributed by atoms with Crippen LogP contribution in [-0.4, -0.2) is 29.6 Å². The maximum absolute atomic E-state index is 10.3. The fourth-order valence-corrected chi connectivity index (χ4v) is 1.60. The van der Waals surface area contributed by atoms with Gasteiger partial charge in [0.25, 0.3) is 0 Å². The van der Waals surface area contributed by atoms with Crippen molar-refractivity contribution in [2.75, 3.05) is 6.61 Å². The third kappa shape index (κ3) is 5.28. The van der Waals surface area contributed by atoms with Gasteiger partial charge in [-0.2, -0.15) is 0 Å². The van der Waals surface area contributed by atoms with Crippen LogP contribution >= 0.6 is 0 Å². The third-order valence-corrected chi connectivity index (χ3v) is 2.39. The summed E-state index contributed by atoms with van der Waals surface area (Å²) in [5, 5.41) is 8.45. The van der Waals surface area contributed by atoms with Crippen LogP contribution in [0.5, 0.6) is 0 Å². The van der Waals surface area contributed by atoms with Crippen molar-refractivity contribution in [1.82, 2.24) is 0 Å². The van der Waals surface area contributed by atoms with Crippen molar-refractivity contribution < 1.29 is 19.4 Å². The van der Waals surface area contributed by atoms with E-state index in [1.807, 2.05) is 26.0 Å². The molecule has 1 aliphatic heterocycles. The standard InChI is InChI=1S/C12H20O4/c1-12(2)15-9-10(16-12)7-5-3-4-6-8-11(13)14/h5,7,10H,3-4,6,8-9H2,1-2H3,(H,13,14)/b7-5-/t10-/m0/s1. The van der Waals surface area contributed by atoms with Crippen LogP contribution in [-0.2, 0) is 14.3 Å². The number of hydrogen-bond donors (Lipinski definition) is 1. The van der Waals surface area contributed by atoms with Crippen molar-refractivity contribution in [2.45, 2.75) is 51.4 Å². The molecule has 0 radical (unpaired) electrons. The van der Waals surface area contributed by atoms with Crippen LogP contribution in [0.3, 0.4) is 0 Å². The van der Waals surface area contributed by atoms with E-state index in [9.17, 15) is 4.79 Å². The number of hydrogen-bond acceptors (Lipinski definition) is 3. The fraction of sp³-hybridized carbons (Fsp3) is 0.750. The molecule has 0 aliphatic carbocycles. The lowest BCUT2D eigenvalue weighted by molar-refractivity contribution is -0.137. The number of carboxylic acids is 1. The number of carbonyl (C=O) groups is 1. The fourth-order valence-electron chi connectivity index (χ4n) is 1.60. The smallest absolute Gasteiger partial charge is 0.303 e. The van der Waals surface area contributed by atoms with Gasteiger partial charge in [0, 0.05) is 6.42 Å². The van der Waals surface area contributed by atoms with Crippen molar-refractivity contribution in [2.24, 2.45) is 0 Å². The Morgan fingerprint density at radius 1 is 1.50 bits per heavy atom. The Hall–Kier alpha value is -0.870. The number of carboxylic acid groups (broad SMARTS) is 1. The number of rotatable bonds is 6. The SMILES string of the molecule is CC1(C)OC[C@H](/C=C\CCCCC(=O)O)O1. The molecule has 92 valence electrons. The molecule has 0 aromatic carbocycles. The molecule has 1 saturated heterocycles. The molecule has 0 spiro atoms. The number of unbranched alkanes of at least 4 members (excludes halogenated alkanes) is 2. The first kappa shape index (κ1) is 13.2. The Morgan fingerprint density at radius 3 is 2.81 bits per heavy atom. The average molecular weight is 228 g/mol. The van der Waals surface area contributed by atoms with E-state index >= 15 is 0 Å². The molecule has 16 heavy (non-hydrogen) atoms. The first-order valence-electron chi connectivity index (χ1n) is 5.70. The molecule has 0 saturated carbocycles. The van der Waals surface area contributed by atoms with Gasteiger partial charge in [0.15, 0.2) is 5.79 Å². The van der Waals surface area contributed by atoms with Crippen LogP contribution < -0.4 is 0 Å². The zero-order chi connectivity index (χ0) is 12.0. The Morgan fingerprint density at radius 2 is 2.25 bits per heavy atom. The normalized spacial score (nSPS) is 24.0. The molecule has 1 rings (SSSR count). The van der Waals surface area contributed by atoms with Crippen molar-refractivity contribution in [3.8, 4) is 0 Å². The molecule has 1 atom stereocenters. The van der Waals surface area contributed by atoms with E-state index in [1.54, 1.807) is 0 Å². The largest absolute Gasteiger partial charge is 0.481 e. The zero-order valence-corrected chi connectivity index (χ0v) is 9.94. The van der Waals surface area contributed by atoms with E-state index in [0.29, 0.717) is 6.61 Å². The van der Waals surface area contributed by atoms with Gasteiger partial charge in [-0.05, 0) is 33.1 Å². The predicted octanol–water partition coefficient (Wildman–Crippen LogP) is 2.34. The van der Waals surface area contributed by atoms with Crippen molar-refractivity contribution in [3.63, 3.8) is 0 Å². The lowest BCUT2D eigenvalue weighted by atomic mass is 10.2. The van der Waals surface area contributed by atoms with Gasteiger partial charge in [0.05, 0.1) is 6.61 Å². The Kier molecular flexibility index (Phi) is 4.96. The average Bonchev–Trinajstić information content (AvgIpc) is 2.51. The highest BCUT2D eigenvalue weighted by molar-refractivity contribution is 5.66. The minimum atomic E-state index is -0.724. The second-order valence-corrected chi connectivity index (χ2v) is 4.43. The first-order valence-corrected chi connectivity index (χ1v) is 5.70. The predicted molar refractivity (Wildman–Crippen MR) is 60.1 cm³/mol. The summed E-state index contributed by atoms with van der Waals surface area (Å²) in [4.78, 5) is 10.3. The Labute approximate surface area is 96.2 Å². The highest BCUT2D eigenvalue weighted by Crippen LogP contribution is 2.22. The van der Waals surface area contributed by atoms with E-state index < -0.39 is 11.8 Å². The van der Waals surface area contributed by atoms with Crippen LogP contribution in [0.1, 0.15) is 39.5 Å². The van der Waals surface area contributed by atoms with Gasteiger partial charge in [-0.15, -0.1) is 0 Å². The minimum absolute atomic E-state index is 0.0365. The summed E-state index contributed by atoms with van der Waals surface area (Å²) in [5.41, 5.74) is 0. The summed E-state index contributed by atoms with van der Waals surface area (Å²) < 4.78 is 11.0. The summed E-state index contributed by atoms with van der Waals surface area (Å²) in [6.07, 6.45) is 6.85. The molecule has 0 bridgehead atoms. The Balaban J connectivity index is 2.07. The van der Waals surface area contributed by atoms with Gasteiger partial charge in [-0.25, -0.2) is 0 Å². The summed E-state index contributed by atoms with van der Waals surface area (Å²) in [6.45, 7) is 4.39. The van der Waals surface area contributed by atoms with Gasteiger partial charge in [-0.1, -0.05) is 12.2 Å². The number of allylic oxidation sites excluding steroid dienone is 1. The minimum Gasteiger partial charge on any atom is -0.481 e. The summed E-state index contributed by atoms with van der Waals surface area (Å²) in [7, 11) is 0. The number of ether oxygens (including phenoxy) is 2. The highest BCUT2D eigenvalue weighted by atomic mass is 16.7. The van der Waals surface area contributed by atoms with E-state index in [-0.39, 0.29) is 12.5 Å². The molecule has 4 heteroatoms. The van der Waals surface area contributed by atoms with Crippen LogP contribution in [0.2, 0.25) is 0 Å². The molecule has 1 fully saturated rings. The van der Waals surface area contributed by atoms with E-state index in [4.69, 9.17) is 14.6 Å². The molecule has 0 aromatic heterocycles. The second-order valence-electron chi connectivity index (χ2n) is 4.43. The van der Waals surface area contributed by atoms with Crippen molar-refractivity contribution in [1.29, 1.82) is 0 Å². The van der Waals surface area contributed by atoms with Crippen LogP contribution in [0.15, 0.2) is 12.2 Å². The van der Waals surface area contributed by atoms with E-state index in [2.05, 4.69) is 0 Å². The Bertz CT molecular complexity index is 258. The topological polar surface area (TPSA) is 55.8 Å². The lowest BCUT2D eigenvalue weighted by Gasteiger charge is -2.15. The van der Waals surface area contributed by atoms with Gasteiger partial charge >= 0.3 is 5.97 Å². The molecule has 1 aliphatic rings. The number of aliphatic carboxylic acids is 1. The second kappa shape index (κ2) is 6.01. The molecule has 0 amide bonds. The zero-order valence-electron chi connectivity index (χ0n) is 9.94. The third-order valence-electron chi connectivity index (χ3n) is 2.39. The molecule has 1 N–H and O–H groups in total. The quantitative estimate of drug-likeness (QED) is 0.560. The molecule has 4 nitrogen and oxygen atoms in total. The molecular weight excluding hydrogens is 208 g/mol. The maximum Gasteiger partial charge on any atom is 0.303 e. The van der Waals surface area contributed by atoms with E-state index in [0.717, 1.165) is 19.3 Å². The van der Waals surface area contributed by atoms with Crippen LogP contribution in [0.25, 0.3) is 0 Å². The van der Waals surface area contributed by atoms with Gasteiger partial charge < -0.3 is 14.6 Å². The molecule has 1 heterocycles. The van der Waals surface area contributed by atoms with Crippen molar-refractivity contribution in [3.05, 3.63) is 12.2 Å². The van der Waals surface area contributed by atoms with Crippen molar-refractivity contribution >= 4 is 5.97 Å². The molecule has 0 unspecified atom stereocenters. The van der Waals surface area contributed by atoms with Crippen LogP contribution in [0.4, 0.5) is 0 Å². The molecular formula is C12H20O4. The van der Waals surface area contributed by atoms with Gasteiger partial charge in [-0.3, -0.25) is 4.79 Å². The summed E-state index contributed by atoms with van der Waals surface area (Å²) in [5.74, 6) is -1.20.